The molecule has 0 heterocycles. The molecule has 0 unspecified atom stereocenters. The van der Waals surface area contributed by atoms with Crippen LogP contribution >= 0.6 is 0 Å². The van der Waals surface area contributed by atoms with Crippen LogP contribution in [0.3, 0.4) is 0 Å². The second kappa shape index (κ2) is 11.8. The van der Waals surface area contributed by atoms with Gasteiger partial charge in [0.05, 0.1) is 19.9 Å². The van der Waals surface area contributed by atoms with Crippen LogP contribution in [0.15, 0.2) is 58.7 Å². The van der Waals surface area contributed by atoms with Crippen LogP contribution in [0.5, 0.6) is 0 Å². The van der Waals surface area contributed by atoms with Gasteiger partial charge in [0.15, 0.2) is 0 Å². The molecule has 3 aromatic rings. The van der Waals surface area contributed by atoms with E-state index in [0.717, 1.165) is 52.6 Å². The van der Waals surface area contributed by atoms with Gasteiger partial charge in [-0.05, 0) is 87.4 Å². The van der Waals surface area contributed by atoms with E-state index in [-0.39, 0.29) is 46.6 Å². The van der Waals surface area contributed by atoms with Crippen molar-refractivity contribution in [3.63, 3.8) is 0 Å². The summed E-state index contributed by atoms with van der Waals surface area (Å²) in [6.07, 6.45) is -7.42. The Morgan fingerprint density at radius 3 is 1.73 bits per heavy atom. The molecule has 0 amide bonds. The van der Waals surface area contributed by atoms with Gasteiger partial charge in [-0.1, -0.05) is 47.9 Å². The summed E-state index contributed by atoms with van der Waals surface area (Å²) in [5.74, 6) is 0. The molecule has 0 spiro atoms. The molecule has 0 saturated heterocycles. The van der Waals surface area contributed by atoms with Crippen LogP contribution in [0, 0.1) is 6.92 Å². The van der Waals surface area contributed by atoms with E-state index < -0.39 is 23.5 Å². The van der Waals surface area contributed by atoms with Crippen molar-refractivity contribution in [2.75, 3.05) is 0 Å². The zero-order valence-corrected chi connectivity index (χ0v) is 27.4. The number of hydrogen-bond donors (Lipinski definition) is 0. The van der Waals surface area contributed by atoms with Crippen molar-refractivity contribution in [3.8, 4) is 11.1 Å². The summed E-state index contributed by atoms with van der Waals surface area (Å²) in [6.45, 7) is 15.8. The summed E-state index contributed by atoms with van der Waals surface area (Å²) in [5.41, 5.74) is 7.89. The number of halogens is 6. The Kier molecular flexibility index (Phi) is 9.68. The molecule has 0 aliphatic heterocycles. The van der Waals surface area contributed by atoms with Crippen molar-refractivity contribution < 1.29 is 52.5 Å². The Morgan fingerprint density at radius 1 is 0.750 bits per heavy atom. The molecule has 0 fully saturated rings. The third-order valence-electron chi connectivity index (χ3n) is 8.29. The topological polar surface area (TPSA) is 0 Å². The Balaban J connectivity index is 0.000000287. The Labute approximate surface area is 253 Å². The zero-order chi connectivity index (χ0) is 29.0. The number of aryl methyl sites for hydroxylation is 2. The predicted octanol–water partition coefficient (Wildman–Crippen LogP) is 10.9. The molecule has 213 valence electrons. The molecule has 5 rings (SSSR count). The van der Waals surface area contributed by atoms with Gasteiger partial charge in [0, 0.05) is 26.2 Å². The van der Waals surface area contributed by atoms with E-state index in [1.807, 2.05) is 25.1 Å². The molecule has 0 N–H and O–H groups in total. The molecule has 0 atom stereocenters. The van der Waals surface area contributed by atoms with Crippen LogP contribution in [-0.4, -0.2) is 8.80 Å². The molecular weight excluding hydrogens is 618 g/mol. The van der Waals surface area contributed by atoms with Gasteiger partial charge < -0.3 is 0 Å². The van der Waals surface area contributed by atoms with Crippen molar-refractivity contribution in [2.24, 2.45) is 0 Å². The number of hydrogen-bond acceptors (Lipinski definition) is 0. The van der Waals surface area contributed by atoms with Crippen LogP contribution < -0.4 is 0 Å². The third kappa shape index (κ3) is 6.33. The fourth-order valence-corrected chi connectivity index (χ4v) is 8.38. The van der Waals surface area contributed by atoms with Gasteiger partial charge in [0.1, 0.15) is 0 Å². The molecule has 8 heteroatoms. The number of alkyl halides is 6. The fourth-order valence-electron chi connectivity index (χ4n) is 6.22. The predicted molar refractivity (Wildman–Crippen MR) is 150 cm³/mol. The standard InChI is InChI=1S/C21H15F6.C11H19Si.Zr/c1-11-5-13-7-12-3-2-4-17(12)19(18(13)6-11)14-8-15(20(22,23)24)10-16(9-14)21(25,26)27;1-7-8(2)10(4)11(9(7)3)12(5)6;/h5-10H,2-4H2,1H3;11H,1-6H3;/q-1;;. The van der Waals surface area contributed by atoms with Gasteiger partial charge in [0.2, 0.25) is 0 Å². The van der Waals surface area contributed by atoms with Crippen LogP contribution in [0.1, 0.15) is 61.9 Å². The summed E-state index contributed by atoms with van der Waals surface area (Å²) < 4.78 is 79.7. The summed E-state index contributed by atoms with van der Waals surface area (Å²) in [7, 11) is -0.190. The van der Waals surface area contributed by atoms with Crippen LogP contribution in [0.2, 0.25) is 18.6 Å². The fraction of sp³-hybridized carbons (Fsp3) is 0.406. The SMILES string of the molecule is CC1=C(C)C([Si](C)C)C(C)=C1C.Cc1cc2c(-c3cc(C(F)(F)F)cc(C(F)(F)F)c3)c3c(cc2[cH-]1)CCC3.[Zr]. The first-order chi connectivity index (χ1) is 18.0. The Morgan fingerprint density at radius 2 is 1.27 bits per heavy atom. The van der Waals surface area contributed by atoms with Gasteiger partial charge in [-0.3, -0.25) is 0 Å². The van der Waals surface area contributed by atoms with Crippen molar-refractivity contribution in [1.82, 2.24) is 0 Å². The van der Waals surface area contributed by atoms with Crippen LogP contribution in [-0.2, 0) is 51.4 Å². The van der Waals surface area contributed by atoms with Gasteiger partial charge in [0.25, 0.3) is 0 Å². The van der Waals surface area contributed by atoms with Crippen molar-refractivity contribution in [3.05, 3.63) is 86.5 Å². The maximum absolute atomic E-state index is 13.3. The smallest absolute Gasteiger partial charge is 0.166 e. The van der Waals surface area contributed by atoms with Crippen LogP contribution in [0.4, 0.5) is 26.3 Å². The molecule has 2 aliphatic carbocycles. The number of benzene rings is 2. The van der Waals surface area contributed by atoms with Gasteiger partial charge in [-0.15, -0.1) is 28.5 Å². The van der Waals surface area contributed by atoms with Crippen molar-refractivity contribution in [1.29, 1.82) is 0 Å². The minimum Gasteiger partial charge on any atom is -0.166 e. The maximum Gasteiger partial charge on any atom is 0.416 e. The molecule has 40 heavy (non-hydrogen) atoms. The van der Waals surface area contributed by atoms with Crippen molar-refractivity contribution >= 4 is 19.6 Å². The average molecular weight is 652 g/mol. The van der Waals surface area contributed by atoms with Gasteiger partial charge >= 0.3 is 12.4 Å². The summed E-state index contributed by atoms with van der Waals surface area (Å²) >= 11 is 0. The van der Waals surface area contributed by atoms with Crippen molar-refractivity contribution in [2.45, 2.75) is 84.9 Å². The Bertz CT molecular complexity index is 1430. The minimum atomic E-state index is -4.85. The van der Waals surface area contributed by atoms with E-state index in [4.69, 9.17) is 0 Å². The van der Waals surface area contributed by atoms with E-state index in [1.165, 1.54) is 0 Å². The van der Waals surface area contributed by atoms with E-state index in [2.05, 4.69) is 40.8 Å². The first-order valence-electron chi connectivity index (χ1n) is 13.2. The van der Waals surface area contributed by atoms with E-state index in [0.29, 0.717) is 17.4 Å². The molecule has 0 bridgehead atoms. The molecular formula is C32H34F6SiZr-. The van der Waals surface area contributed by atoms with Gasteiger partial charge in [-0.2, -0.15) is 32.4 Å². The number of fused-ring (bicyclic) bond motifs is 2. The quantitative estimate of drug-likeness (QED) is 0.147. The first kappa shape index (κ1) is 32.7. The largest absolute Gasteiger partial charge is 0.416 e. The van der Waals surface area contributed by atoms with Crippen LogP contribution in [0.25, 0.3) is 21.9 Å². The normalized spacial score (nSPS) is 16.1. The monoisotopic (exact) mass is 650 g/mol. The average Bonchev–Trinajstić information content (AvgIpc) is 3.49. The summed E-state index contributed by atoms with van der Waals surface area (Å²) in [5, 5.41) is 1.56. The Hall–Kier alpha value is -1.79. The van der Waals surface area contributed by atoms with E-state index in [9.17, 15) is 26.3 Å². The second-order valence-electron chi connectivity index (χ2n) is 11.2. The summed E-state index contributed by atoms with van der Waals surface area (Å²) in [6, 6.07) is 7.61. The maximum atomic E-state index is 13.3. The second-order valence-corrected chi connectivity index (χ2v) is 13.9. The molecule has 3 aromatic carbocycles. The third-order valence-corrected chi connectivity index (χ3v) is 10.3. The van der Waals surface area contributed by atoms with Gasteiger partial charge in [-0.25, -0.2) is 0 Å². The number of rotatable bonds is 2. The summed E-state index contributed by atoms with van der Waals surface area (Å²) in [4.78, 5) is 0. The van der Waals surface area contributed by atoms with E-state index in [1.54, 1.807) is 22.3 Å². The first-order valence-corrected chi connectivity index (χ1v) is 15.7. The molecule has 0 aromatic heterocycles. The molecule has 0 nitrogen and oxygen atoms in total. The minimum absolute atomic E-state index is 0. The number of allylic oxidation sites excluding steroid dienone is 4. The molecule has 0 saturated carbocycles. The van der Waals surface area contributed by atoms with E-state index >= 15 is 0 Å². The molecule has 2 aliphatic rings. The molecule has 1 radical (unpaired) electrons. The zero-order valence-electron chi connectivity index (χ0n) is 23.9.